The molecule has 0 aliphatic carbocycles. The van der Waals surface area contributed by atoms with Gasteiger partial charge in [0.2, 0.25) is 5.91 Å². The molecular formula is C8H5BrClNO. The molecule has 0 N–H and O–H groups in total. The van der Waals surface area contributed by atoms with Crippen molar-refractivity contribution < 1.29 is 4.79 Å². The molecule has 0 saturated carbocycles. The number of nitrogens with zero attached hydrogens (tertiary/aromatic N) is 1. The molecule has 1 aromatic carbocycles. The van der Waals surface area contributed by atoms with Crippen LogP contribution in [-0.4, -0.2) is 5.91 Å². The standard InChI is InChI=1S/C8H5BrClNO/c9-6-1-2-7-5(3-6)4-8(12)11(7)10/h1-3H,4H2. The van der Waals surface area contributed by atoms with Gasteiger partial charge in [-0.1, -0.05) is 15.9 Å². The van der Waals surface area contributed by atoms with Crippen LogP contribution in [0.3, 0.4) is 0 Å². The molecule has 4 heteroatoms. The molecule has 1 aromatic rings. The number of hydrogen-bond donors (Lipinski definition) is 0. The molecule has 0 radical (unpaired) electrons. The third-order valence-corrected chi connectivity index (χ3v) is 2.68. The third kappa shape index (κ3) is 1.13. The van der Waals surface area contributed by atoms with Crippen molar-refractivity contribution in [1.29, 1.82) is 0 Å². The molecule has 0 saturated heterocycles. The molecule has 1 amide bonds. The van der Waals surface area contributed by atoms with Crippen molar-refractivity contribution >= 4 is 39.3 Å². The molecule has 12 heavy (non-hydrogen) atoms. The summed E-state index contributed by atoms with van der Waals surface area (Å²) in [5, 5.41) is 0. The third-order valence-electron chi connectivity index (χ3n) is 1.81. The van der Waals surface area contributed by atoms with Crippen molar-refractivity contribution in [2.24, 2.45) is 0 Å². The molecule has 0 aromatic heterocycles. The number of benzene rings is 1. The van der Waals surface area contributed by atoms with Gasteiger partial charge < -0.3 is 0 Å². The van der Waals surface area contributed by atoms with Gasteiger partial charge >= 0.3 is 0 Å². The van der Waals surface area contributed by atoms with Gasteiger partial charge in [0, 0.05) is 16.2 Å². The average Bonchev–Trinajstić information content (AvgIpc) is 2.28. The monoisotopic (exact) mass is 245 g/mol. The molecule has 2 rings (SSSR count). The summed E-state index contributed by atoms with van der Waals surface area (Å²) in [5.74, 6) is -0.0650. The summed E-state index contributed by atoms with van der Waals surface area (Å²) >= 11 is 9.05. The maximum atomic E-state index is 11.1. The van der Waals surface area contributed by atoms with E-state index in [9.17, 15) is 4.79 Å². The highest BCUT2D eigenvalue weighted by Gasteiger charge is 2.25. The zero-order valence-electron chi connectivity index (χ0n) is 6.05. The van der Waals surface area contributed by atoms with E-state index in [2.05, 4.69) is 15.9 Å². The van der Waals surface area contributed by atoms with Crippen molar-refractivity contribution in [3.8, 4) is 0 Å². The van der Waals surface area contributed by atoms with E-state index in [-0.39, 0.29) is 5.91 Å². The molecule has 0 spiro atoms. The Balaban J connectivity index is 2.54. The Hall–Kier alpha value is -0.540. The van der Waals surface area contributed by atoms with E-state index in [4.69, 9.17) is 11.8 Å². The molecule has 0 unspecified atom stereocenters. The molecule has 2 nitrogen and oxygen atoms in total. The van der Waals surface area contributed by atoms with Crippen LogP contribution in [0.2, 0.25) is 0 Å². The summed E-state index contributed by atoms with van der Waals surface area (Å²) in [7, 11) is 0. The van der Waals surface area contributed by atoms with Gasteiger partial charge in [-0.2, -0.15) is 0 Å². The Morgan fingerprint density at radius 1 is 1.50 bits per heavy atom. The Kier molecular flexibility index (Phi) is 1.85. The number of carbonyl (C=O) groups excluding carboxylic acids is 1. The quantitative estimate of drug-likeness (QED) is 0.644. The molecular weight excluding hydrogens is 241 g/mol. The van der Waals surface area contributed by atoms with Gasteiger partial charge in [0.15, 0.2) is 0 Å². The number of anilines is 1. The Morgan fingerprint density at radius 3 is 3.00 bits per heavy atom. The number of halogens is 2. The number of fused-ring (bicyclic) bond motifs is 1. The lowest BCUT2D eigenvalue weighted by atomic mass is 10.2. The van der Waals surface area contributed by atoms with E-state index in [0.29, 0.717) is 6.42 Å². The maximum absolute atomic E-state index is 11.1. The molecule has 1 heterocycles. The van der Waals surface area contributed by atoms with Crippen molar-refractivity contribution in [3.05, 3.63) is 28.2 Å². The van der Waals surface area contributed by atoms with Crippen LogP contribution >= 0.6 is 27.7 Å². The highest BCUT2D eigenvalue weighted by Crippen LogP contribution is 2.32. The summed E-state index contributed by atoms with van der Waals surface area (Å²) in [4.78, 5) is 11.1. The second kappa shape index (κ2) is 2.75. The van der Waals surface area contributed by atoms with Crippen LogP contribution < -0.4 is 4.42 Å². The van der Waals surface area contributed by atoms with Crippen LogP contribution in [-0.2, 0) is 11.2 Å². The Labute approximate surface area is 83.4 Å². The minimum absolute atomic E-state index is 0.0650. The molecule has 62 valence electrons. The first-order valence-electron chi connectivity index (χ1n) is 3.45. The number of hydrogen-bond acceptors (Lipinski definition) is 1. The van der Waals surface area contributed by atoms with E-state index in [1.54, 1.807) is 0 Å². The van der Waals surface area contributed by atoms with Gasteiger partial charge in [0.05, 0.1) is 12.1 Å². The zero-order valence-corrected chi connectivity index (χ0v) is 8.39. The van der Waals surface area contributed by atoms with E-state index in [0.717, 1.165) is 15.7 Å². The average molecular weight is 246 g/mol. The van der Waals surface area contributed by atoms with Crippen LogP contribution in [0, 0.1) is 0 Å². The summed E-state index contributed by atoms with van der Waals surface area (Å²) < 4.78 is 2.14. The topological polar surface area (TPSA) is 20.3 Å². The van der Waals surface area contributed by atoms with Crippen LogP contribution in [0.15, 0.2) is 22.7 Å². The van der Waals surface area contributed by atoms with Crippen LogP contribution in [0.4, 0.5) is 5.69 Å². The number of amides is 1. The molecule has 0 atom stereocenters. The van der Waals surface area contributed by atoms with E-state index < -0.39 is 0 Å². The van der Waals surface area contributed by atoms with E-state index >= 15 is 0 Å². The molecule has 1 aliphatic rings. The van der Waals surface area contributed by atoms with Gasteiger partial charge in [-0.15, -0.1) is 0 Å². The van der Waals surface area contributed by atoms with Gasteiger partial charge in [-0.3, -0.25) is 4.79 Å². The van der Waals surface area contributed by atoms with Gasteiger partial charge in [-0.05, 0) is 23.8 Å². The first-order valence-corrected chi connectivity index (χ1v) is 4.59. The second-order valence-electron chi connectivity index (χ2n) is 2.62. The second-order valence-corrected chi connectivity index (χ2v) is 3.88. The van der Waals surface area contributed by atoms with Gasteiger partial charge in [0.1, 0.15) is 0 Å². The van der Waals surface area contributed by atoms with Gasteiger partial charge in [-0.25, -0.2) is 4.42 Å². The molecule has 1 aliphatic heterocycles. The summed E-state index contributed by atoms with van der Waals surface area (Å²) in [6, 6.07) is 5.61. The van der Waals surface area contributed by atoms with Crippen LogP contribution in [0.1, 0.15) is 5.56 Å². The minimum atomic E-state index is -0.0650. The van der Waals surface area contributed by atoms with Crippen molar-refractivity contribution in [2.45, 2.75) is 6.42 Å². The fourth-order valence-corrected chi connectivity index (χ4v) is 1.89. The van der Waals surface area contributed by atoms with Gasteiger partial charge in [0.25, 0.3) is 0 Å². The predicted molar refractivity (Wildman–Crippen MR) is 51.2 cm³/mol. The van der Waals surface area contributed by atoms with E-state index in [1.165, 1.54) is 4.42 Å². The molecule has 0 bridgehead atoms. The highest BCUT2D eigenvalue weighted by atomic mass is 79.9. The number of carbonyl (C=O) groups is 1. The van der Waals surface area contributed by atoms with Crippen molar-refractivity contribution in [3.63, 3.8) is 0 Å². The van der Waals surface area contributed by atoms with Crippen molar-refractivity contribution in [1.82, 2.24) is 0 Å². The lowest BCUT2D eigenvalue weighted by Gasteiger charge is -2.05. The lowest BCUT2D eigenvalue weighted by Crippen LogP contribution is -2.13. The lowest BCUT2D eigenvalue weighted by molar-refractivity contribution is -0.116. The smallest absolute Gasteiger partial charge is 0.246 e. The van der Waals surface area contributed by atoms with Crippen LogP contribution in [0.5, 0.6) is 0 Å². The molecule has 0 fully saturated rings. The summed E-state index contributed by atoms with van der Waals surface area (Å²) in [6.07, 6.45) is 0.401. The normalized spacial score (nSPS) is 15.2. The predicted octanol–water partition coefficient (Wildman–Crippen LogP) is 2.49. The van der Waals surface area contributed by atoms with E-state index in [1.807, 2.05) is 18.2 Å². The Morgan fingerprint density at radius 2 is 2.25 bits per heavy atom. The number of rotatable bonds is 0. The zero-order chi connectivity index (χ0) is 8.72. The summed E-state index contributed by atoms with van der Waals surface area (Å²) in [5.41, 5.74) is 1.77. The largest absolute Gasteiger partial charge is 0.273 e. The fraction of sp³-hybridized carbons (Fsp3) is 0.125. The maximum Gasteiger partial charge on any atom is 0.246 e. The van der Waals surface area contributed by atoms with Crippen molar-refractivity contribution in [2.75, 3.05) is 4.42 Å². The highest BCUT2D eigenvalue weighted by molar-refractivity contribution is 9.10. The first-order chi connectivity index (χ1) is 5.68. The summed E-state index contributed by atoms with van der Waals surface area (Å²) in [6.45, 7) is 0. The minimum Gasteiger partial charge on any atom is -0.273 e. The Bertz CT molecular complexity index is 353. The SMILES string of the molecule is O=C1Cc2cc(Br)ccc2N1Cl. The first kappa shape index (κ1) is 8.08. The van der Waals surface area contributed by atoms with Crippen LogP contribution in [0.25, 0.3) is 0 Å². The fourth-order valence-electron chi connectivity index (χ4n) is 1.25.